The Hall–Kier alpha value is 0.380. The monoisotopic (exact) mass is 250 g/mol. The third kappa shape index (κ3) is 8.70. The van der Waals surface area contributed by atoms with E-state index in [1.165, 1.54) is 6.08 Å². The number of hydrogen-bond donors (Lipinski definition) is 3. The zero-order valence-corrected chi connectivity index (χ0v) is 8.87. The van der Waals surface area contributed by atoms with Crippen LogP contribution < -0.4 is 0 Å². The lowest BCUT2D eigenvalue weighted by Gasteiger charge is -2.12. The molecule has 0 bridgehead atoms. The fraction of sp³-hybridized carbons (Fsp3) is 0.333. The molecule has 0 aromatic rings. The van der Waals surface area contributed by atoms with Gasteiger partial charge in [-0.1, -0.05) is 6.08 Å². The Bertz CT molecular complexity index is 258. The molecule has 0 spiro atoms. The summed E-state index contributed by atoms with van der Waals surface area (Å²) in [5, 5.41) is 0. The molecule has 10 heteroatoms. The SMILES string of the molecule is C=CCOP(O)(=S)OOP(=O)(O)O. The van der Waals surface area contributed by atoms with Crippen molar-refractivity contribution in [3.8, 4) is 0 Å². The third-order valence-electron chi connectivity index (χ3n) is 0.580. The lowest BCUT2D eigenvalue weighted by atomic mass is 10.7. The van der Waals surface area contributed by atoms with Crippen molar-refractivity contribution in [3.05, 3.63) is 12.7 Å². The molecular weight excluding hydrogens is 242 g/mol. The van der Waals surface area contributed by atoms with Gasteiger partial charge in [0.25, 0.3) is 0 Å². The largest absolute Gasteiger partial charge is 0.497 e. The minimum absolute atomic E-state index is 0.113. The zero-order valence-electron chi connectivity index (χ0n) is 6.27. The van der Waals surface area contributed by atoms with Gasteiger partial charge < -0.3 is 19.2 Å². The van der Waals surface area contributed by atoms with E-state index in [0.29, 0.717) is 0 Å². The molecule has 0 radical (unpaired) electrons. The zero-order chi connectivity index (χ0) is 10.5. The molecule has 0 aromatic carbocycles. The normalized spacial score (nSPS) is 16.5. The molecule has 0 aliphatic carbocycles. The molecule has 3 N–H and O–H groups in total. The fourth-order valence-electron chi connectivity index (χ4n) is 0.254. The molecule has 0 aromatic heterocycles. The average Bonchev–Trinajstić information content (AvgIpc) is 1.97. The molecule has 0 aliphatic heterocycles. The van der Waals surface area contributed by atoms with Gasteiger partial charge in [0.15, 0.2) is 0 Å². The van der Waals surface area contributed by atoms with Crippen LogP contribution in [0, 0.1) is 0 Å². The maximum absolute atomic E-state index is 10.1. The second kappa shape index (κ2) is 5.31. The Kier molecular flexibility index (Phi) is 5.46. The lowest BCUT2D eigenvalue weighted by molar-refractivity contribution is -0.135. The Balaban J connectivity index is 3.96. The van der Waals surface area contributed by atoms with Crippen molar-refractivity contribution >= 4 is 26.3 Å². The van der Waals surface area contributed by atoms with Crippen molar-refractivity contribution in [3.63, 3.8) is 0 Å². The van der Waals surface area contributed by atoms with Crippen LogP contribution in [0.25, 0.3) is 0 Å². The molecule has 0 fully saturated rings. The van der Waals surface area contributed by atoms with Crippen LogP contribution in [0.15, 0.2) is 12.7 Å². The van der Waals surface area contributed by atoms with Crippen LogP contribution in [-0.4, -0.2) is 21.3 Å². The van der Waals surface area contributed by atoms with Gasteiger partial charge in [-0.25, -0.2) is 4.57 Å². The lowest BCUT2D eigenvalue weighted by Crippen LogP contribution is -1.95. The van der Waals surface area contributed by atoms with Crippen LogP contribution in [0.2, 0.25) is 0 Å². The minimum Gasteiger partial charge on any atom is -0.323 e. The first kappa shape index (κ1) is 13.4. The summed E-state index contributed by atoms with van der Waals surface area (Å²) < 4.78 is 21.9. The van der Waals surface area contributed by atoms with Crippen molar-refractivity contribution in [1.82, 2.24) is 0 Å². The van der Waals surface area contributed by atoms with Gasteiger partial charge in [0.05, 0.1) is 6.61 Å². The quantitative estimate of drug-likeness (QED) is 0.270. The van der Waals surface area contributed by atoms with Gasteiger partial charge in [-0.3, -0.25) is 0 Å². The molecule has 13 heavy (non-hydrogen) atoms. The van der Waals surface area contributed by atoms with E-state index in [9.17, 15) is 4.57 Å². The van der Waals surface area contributed by atoms with E-state index in [0.717, 1.165) is 0 Å². The summed E-state index contributed by atoms with van der Waals surface area (Å²) in [6.07, 6.45) is 1.28. The highest BCUT2D eigenvalue weighted by Gasteiger charge is 2.23. The van der Waals surface area contributed by atoms with Gasteiger partial charge in [-0.2, -0.15) is 0 Å². The smallest absolute Gasteiger partial charge is 0.323 e. The summed E-state index contributed by atoms with van der Waals surface area (Å²) in [5.74, 6) is 0. The molecule has 0 saturated heterocycles. The second-order valence-corrected chi connectivity index (χ2v) is 5.55. The number of rotatable bonds is 6. The van der Waals surface area contributed by atoms with Crippen molar-refractivity contribution in [1.29, 1.82) is 0 Å². The Morgan fingerprint density at radius 2 is 1.92 bits per heavy atom. The maximum Gasteiger partial charge on any atom is 0.497 e. The predicted octanol–water partition coefficient (Wildman–Crippen LogP) is 0.447. The summed E-state index contributed by atoms with van der Waals surface area (Å²) in [4.78, 5) is 25.3. The molecule has 0 rings (SSSR count). The van der Waals surface area contributed by atoms with Gasteiger partial charge in [0.2, 0.25) is 0 Å². The first-order valence-corrected chi connectivity index (χ1v) is 6.91. The predicted molar refractivity (Wildman–Crippen MR) is 46.9 cm³/mol. The minimum atomic E-state index is -4.82. The highest BCUT2D eigenvalue weighted by molar-refractivity contribution is 8.07. The van der Waals surface area contributed by atoms with E-state index < -0.39 is 14.5 Å². The van der Waals surface area contributed by atoms with Crippen molar-refractivity contribution < 1.29 is 33.1 Å². The molecule has 7 nitrogen and oxygen atoms in total. The van der Waals surface area contributed by atoms with Crippen molar-refractivity contribution in [2.75, 3.05) is 6.61 Å². The molecule has 0 amide bonds. The van der Waals surface area contributed by atoms with E-state index in [4.69, 9.17) is 14.7 Å². The summed E-state index contributed by atoms with van der Waals surface area (Å²) in [6, 6.07) is 0. The van der Waals surface area contributed by atoms with Gasteiger partial charge in [-0.05, 0) is 11.8 Å². The van der Waals surface area contributed by atoms with E-state index >= 15 is 0 Å². The van der Waals surface area contributed by atoms with Crippen LogP contribution in [0.3, 0.4) is 0 Å². The standard InChI is InChI=1S/C3H8O7P2S/c1-2-3-8-12(7,13)10-9-11(4,5)6/h2H,1,3H2,(H,7,13)(H2,4,5,6). The van der Waals surface area contributed by atoms with E-state index in [2.05, 4.69) is 32.3 Å². The van der Waals surface area contributed by atoms with Gasteiger partial charge in [0.1, 0.15) is 0 Å². The first-order chi connectivity index (χ1) is 5.77. The molecule has 0 saturated carbocycles. The third-order valence-corrected chi connectivity index (χ3v) is 2.20. The van der Waals surface area contributed by atoms with E-state index in [-0.39, 0.29) is 6.61 Å². The van der Waals surface area contributed by atoms with Crippen molar-refractivity contribution in [2.45, 2.75) is 0 Å². The van der Waals surface area contributed by atoms with Gasteiger partial charge in [0, 0.05) is 0 Å². The maximum atomic E-state index is 10.1. The molecular formula is C3H8O7P2S. The number of phosphoric acid groups is 1. The molecule has 1 atom stereocenters. The summed E-state index contributed by atoms with van der Waals surface area (Å²) >= 11 is 4.28. The average molecular weight is 250 g/mol. The first-order valence-electron chi connectivity index (χ1n) is 2.78. The van der Waals surface area contributed by atoms with Crippen molar-refractivity contribution in [2.24, 2.45) is 0 Å². The topological polar surface area (TPSA) is 105 Å². The van der Waals surface area contributed by atoms with Crippen LogP contribution in [0.4, 0.5) is 0 Å². The van der Waals surface area contributed by atoms with Gasteiger partial charge in [-0.15, -0.1) is 15.9 Å². The summed E-state index contributed by atoms with van der Waals surface area (Å²) in [5.41, 5.74) is 0. The van der Waals surface area contributed by atoms with E-state index in [1.807, 2.05) is 0 Å². The summed E-state index contributed by atoms with van der Waals surface area (Å²) in [7, 11) is -4.82. The molecule has 1 unspecified atom stereocenters. The molecule has 0 heterocycles. The van der Waals surface area contributed by atoms with E-state index in [1.54, 1.807) is 0 Å². The van der Waals surface area contributed by atoms with Crippen LogP contribution >= 0.6 is 14.5 Å². The van der Waals surface area contributed by atoms with Crippen LogP contribution in [0.5, 0.6) is 0 Å². The van der Waals surface area contributed by atoms with Crippen LogP contribution in [0.1, 0.15) is 0 Å². The highest BCUT2D eigenvalue weighted by atomic mass is 32.5. The second-order valence-electron chi connectivity index (χ2n) is 1.69. The Morgan fingerprint density at radius 1 is 1.38 bits per heavy atom. The fourth-order valence-corrected chi connectivity index (χ4v) is 1.70. The molecule has 78 valence electrons. The Morgan fingerprint density at radius 3 is 2.31 bits per heavy atom. The number of hydrogen-bond acceptors (Lipinski definition) is 5. The highest BCUT2D eigenvalue weighted by Crippen LogP contribution is 2.49. The Labute approximate surface area is 79.4 Å². The van der Waals surface area contributed by atoms with Gasteiger partial charge >= 0.3 is 14.5 Å². The summed E-state index contributed by atoms with van der Waals surface area (Å²) in [6.45, 7) is -0.613. The molecule has 0 aliphatic rings. The van der Waals surface area contributed by atoms with Crippen LogP contribution in [-0.2, 0) is 30.2 Å².